The topological polar surface area (TPSA) is 87.7 Å². The fourth-order valence-electron chi connectivity index (χ4n) is 3.97. The smallest absolute Gasteiger partial charge is 0.408 e. The third kappa shape index (κ3) is 9.90. The number of nitrogens with zero attached hydrogens (tertiary/aromatic N) is 1. The van der Waals surface area contributed by atoms with E-state index in [0.717, 1.165) is 36.0 Å². The molecule has 1 rings (SSSR count). The molecular formula is C28H47N3O4. The molecule has 0 heterocycles. The maximum atomic E-state index is 14.0. The van der Waals surface area contributed by atoms with Crippen LogP contribution in [0.5, 0.6) is 0 Å². The van der Waals surface area contributed by atoms with E-state index in [0.29, 0.717) is 6.54 Å². The highest BCUT2D eigenvalue weighted by Crippen LogP contribution is 2.28. The summed E-state index contributed by atoms with van der Waals surface area (Å²) in [7, 11) is 0. The molecule has 0 radical (unpaired) electrons. The average Bonchev–Trinajstić information content (AvgIpc) is 2.70. The van der Waals surface area contributed by atoms with E-state index in [9.17, 15) is 14.4 Å². The molecule has 0 fully saturated rings. The van der Waals surface area contributed by atoms with Gasteiger partial charge in [0.05, 0.1) is 0 Å². The second-order valence-corrected chi connectivity index (χ2v) is 11.0. The number of nitrogens with one attached hydrogen (secondary N) is 2. The molecule has 2 N–H and O–H groups in total. The van der Waals surface area contributed by atoms with Gasteiger partial charge in [0.25, 0.3) is 0 Å². The number of hydrogen-bond donors (Lipinski definition) is 2. The highest BCUT2D eigenvalue weighted by Gasteiger charge is 2.38. The normalized spacial score (nSPS) is 13.4. The van der Waals surface area contributed by atoms with Crippen LogP contribution in [0, 0.1) is 19.8 Å². The van der Waals surface area contributed by atoms with Crippen molar-refractivity contribution in [2.45, 2.75) is 112 Å². The Labute approximate surface area is 212 Å². The molecule has 2 unspecified atom stereocenters. The number of rotatable bonds is 11. The first-order chi connectivity index (χ1) is 16.2. The van der Waals surface area contributed by atoms with Crippen molar-refractivity contribution >= 4 is 17.9 Å². The van der Waals surface area contributed by atoms with Gasteiger partial charge in [-0.1, -0.05) is 57.4 Å². The second kappa shape index (κ2) is 13.5. The molecule has 2 atom stereocenters. The summed E-state index contributed by atoms with van der Waals surface area (Å²) in [5.41, 5.74) is 2.14. The van der Waals surface area contributed by atoms with Gasteiger partial charge < -0.3 is 20.3 Å². The number of carbonyl (C=O) groups excluding carboxylic acids is 3. The van der Waals surface area contributed by atoms with Crippen molar-refractivity contribution in [2.24, 2.45) is 5.92 Å². The Morgan fingerprint density at radius 2 is 1.63 bits per heavy atom. The van der Waals surface area contributed by atoms with E-state index in [1.807, 2.05) is 59.7 Å². The fraction of sp³-hybridized carbons (Fsp3) is 0.679. The lowest BCUT2D eigenvalue weighted by atomic mass is 9.94. The zero-order valence-corrected chi connectivity index (χ0v) is 23.5. The zero-order valence-electron chi connectivity index (χ0n) is 23.5. The summed E-state index contributed by atoms with van der Waals surface area (Å²) >= 11 is 0. The summed E-state index contributed by atoms with van der Waals surface area (Å²) in [6.45, 7) is 19.4. The number of hydrogen-bond acceptors (Lipinski definition) is 4. The predicted molar refractivity (Wildman–Crippen MR) is 141 cm³/mol. The molecule has 0 bridgehead atoms. The monoisotopic (exact) mass is 489 g/mol. The molecule has 0 aliphatic rings. The van der Waals surface area contributed by atoms with E-state index in [2.05, 4.69) is 17.6 Å². The zero-order chi connectivity index (χ0) is 26.9. The number of benzene rings is 1. The van der Waals surface area contributed by atoms with E-state index in [4.69, 9.17) is 4.74 Å². The first-order valence-corrected chi connectivity index (χ1v) is 12.8. The van der Waals surface area contributed by atoms with Crippen molar-refractivity contribution in [3.63, 3.8) is 0 Å². The third-order valence-electron chi connectivity index (χ3n) is 5.60. The molecule has 1 aromatic carbocycles. The molecule has 3 amide bonds. The van der Waals surface area contributed by atoms with Gasteiger partial charge in [-0.2, -0.15) is 0 Å². The van der Waals surface area contributed by atoms with Crippen molar-refractivity contribution in [3.8, 4) is 0 Å². The molecule has 0 aliphatic carbocycles. The van der Waals surface area contributed by atoms with E-state index >= 15 is 0 Å². The first kappa shape index (κ1) is 30.5. The number of carbonyl (C=O) groups is 3. The highest BCUT2D eigenvalue weighted by molar-refractivity contribution is 5.92. The van der Waals surface area contributed by atoms with E-state index < -0.39 is 23.8 Å². The molecule has 0 aromatic heterocycles. The van der Waals surface area contributed by atoms with E-state index in [1.54, 1.807) is 25.7 Å². The van der Waals surface area contributed by atoms with Crippen molar-refractivity contribution in [3.05, 3.63) is 34.9 Å². The maximum Gasteiger partial charge on any atom is 0.408 e. The summed E-state index contributed by atoms with van der Waals surface area (Å²) in [6, 6.07) is 4.21. The van der Waals surface area contributed by atoms with Crippen LogP contribution in [0.4, 0.5) is 4.79 Å². The van der Waals surface area contributed by atoms with Gasteiger partial charge in [-0.25, -0.2) is 4.79 Å². The molecule has 35 heavy (non-hydrogen) atoms. The van der Waals surface area contributed by atoms with Crippen LogP contribution in [0.3, 0.4) is 0 Å². The number of unbranched alkanes of at least 4 members (excludes halogenated alkanes) is 2. The number of aryl methyl sites for hydroxylation is 2. The van der Waals surface area contributed by atoms with Crippen molar-refractivity contribution in [1.29, 1.82) is 0 Å². The Hall–Kier alpha value is -2.57. The molecule has 7 heteroatoms. The molecule has 1 aromatic rings. The van der Waals surface area contributed by atoms with Gasteiger partial charge >= 0.3 is 6.09 Å². The summed E-state index contributed by atoms with van der Waals surface area (Å²) in [6.07, 6.45) is 2.03. The summed E-state index contributed by atoms with van der Waals surface area (Å²) in [5.74, 6) is -0.709. The van der Waals surface area contributed by atoms with Crippen LogP contribution in [-0.4, -0.2) is 47.0 Å². The minimum Gasteiger partial charge on any atom is -0.444 e. The summed E-state index contributed by atoms with van der Waals surface area (Å²) in [4.78, 5) is 41.8. The molecule has 0 saturated carbocycles. The Balaban J connectivity index is 3.51. The lowest BCUT2D eigenvalue weighted by Crippen LogP contribution is -2.55. The van der Waals surface area contributed by atoms with Crippen LogP contribution in [0.2, 0.25) is 0 Å². The molecular weight excluding hydrogens is 442 g/mol. The van der Waals surface area contributed by atoms with Crippen molar-refractivity contribution in [2.75, 3.05) is 6.54 Å². The van der Waals surface area contributed by atoms with E-state index in [-0.39, 0.29) is 23.8 Å². The Bertz CT molecular complexity index is 858. The van der Waals surface area contributed by atoms with Gasteiger partial charge in [-0.3, -0.25) is 9.59 Å². The minimum atomic E-state index is -0.827. The molecule has 0 aliphatic heterocycles. The SMILES string of the molecule is CCCCCN(C(=O)C(NC(=O)OC(C)(C)C)C(C)C)C(C(=O)NC(C)C)c1ccc(C)cc1C. The Morgan fingerprint density at radius 3 is 2.11 bits per heavy atom. The Morgan fingerprint density at radius 1 is 1.00 bits per heavy atom. The molecule has 0 spiro atoms. The van der Waals surface area contributed by atoms with Gasteiger partial charge in [0.15, 0.2) is 0 Å². The summed E-state index contributed by atoms with van der Waals surface area (Å²) in [5, 5.41) is 5.77. The largest absolute Gasteiger partial charge is 0.444 e. The van der Waals surface area contributed by atoms with Crippen LogP contribution in [0.25, 0.3) is 0 Å². The predicted octanol–water partition coefficient (Wildman–Crippen LogP) is 5.44. The van der Waals surface area contributed by atoms with Crippen molar-refractivity contribution < 1.29 is 19.1 Å². The number of alkyl carbamates (subject to hydrolysis) is 1. The van der Waals surface area contributed by atoms with Gasteiger partial charge in [-0.05, 0) is 71.9 Å². The standard InChI is InChI=1S/C28H47N3O4/c1-11-12-13-16-31(26(33)23(18(2)3)30-27(34)35-28(8,9)10)24(25(32)29-19(4)5)22-15-14-20(6)17-21(22)7/h14-15,17-19,23-24H,11-13,16H2,1-10H3,(H,29,32)(H,30,34). The number of ether oxygens (including phenoxy) is 1. The average molecular weight is 490 g/mol. The van der Waals surface area contributed by atoms with Crippen LogP contribution in [0.15, 0.2) is 18.2 Å². The molecule has 0 saturated heterocycles. The molecule has 198 valence electrons. The fourth-order valence-corrected chi connectivity index (χ4v) is 3.97. The lowest BCUT2D eigenvalue weighted by Gasteiger charge is -2.36. The highest BCUT2D eigenvalue weighted by atomic mass is 16.6. The quantitative estimate of drug-likeness (QED) is 0.405. The van der Waals surface area contributed by atoms with Crippen LogP contribution in [0.1, 0.15) is 97.4 Å². The van der Waals surface area contributed by atoms with Crippen LogP contribution < -0.4 is 10.6 Å². The molecule has 7 nitrogen and oxygen atoms in total. The minimum absolute atomic E-state index is 0.0795. The summed E-state index contributed by atoms with van der Waals surface area (Å²) < 4.78 is 5.42. The van der Waals surface area contributed by atoms with Gasteiger partial charge in [0.1, 0.15) is 17.7 Å². The Kier molecular flexibility index (Phi) is 11.7. The van der Waals surface area contributed by atoms with Gasteiger partial charge in [0.2, 0.25) is 11.8 Å². The first-order valence-electron chi connectivity index (χ1n) is 12.8. The maximum absolute atomic E-state index is 14.0. The third-order valence-corrected chi connectivity index (χ3v) is 5.60. The second-order valence-electron chi connectivity index (χ2n) is 11.0. The van der Waals surface area contributed by atoms with Crippen molar-refractivity contribution in [1.82, 2.24) is 15.5 Å². The van der Waals surface area contributed by atoms with Crippen LogP contribution in [-0.2, 0) is 14.3 Å². The van der Waals surface area contributed by atoms with E-state index in [1.165, 1.54) is 0 Å². The van der Waals surface area contributed by atoms with Gasteiger partial charge in [0, 0.05) is 12.6 Å². The van der Waals surface area contributed by atoms with Crippen LogP contribution >= 0.6 is 0 Å². The number of amides is 3. The lowest BCUT2D eigenvalue weighted by molar-refractivity contribution is -0.143. The van der Waals surface area contributed by atoms with Gasteiger partial charge in [-0.15, -0.1) is 0 Å².